The van der Waals surface area contributed by atoms with Gasteiger partial charge in [0.25, 0.3) is 0 Å². The predicted octanol–water partition coefficient (Wildman–Crippen LogP) is 4.22. The zero-order chi connectivity index (χ0) is 15.8. The minimum atomic E-state index is -0.000974. The zero-order valence-corrected chi connectivity index (χ0v) is 14.3. The molecule has 0 saturated carbocycles. The summed E-state index contributed by atoms with van der Waals surface area (Å²) in [6.45, 7) is 6.42. The van der Waals surface area contributed by atoms with Gasteiger partial charge in [-0.2, -0.15) is 0 Å². The number of nitrogens with one attached hydrogen (secondary N) is 1. The fourth-order valence-electron chi connectivity index (χ4n) is 2.66. The highest BCUT2D eigenvalue weighted by molar-refractivity contribution is 7.99. The van der Waals surface area contributed by atoms with Gasteiger partial charge in [0.2, 0.25) is 0 Å². The monoisotopic (exact) mass is 322 g/mol. The number of hydrogen-bond acceptors (Lipinski definition) is 3. The number of thioether (sulfide) groups is 1. The van der Waals surface area contributed by atoms with E-state index in [9.17, 15) is 4.79 Å². The molecule has 2 amide bonds. The van der Waals surface area contributed by atoms with Gasteiger partial charge in [-0.05, 0) is 44.1 Å². The molecule has 1 aliphatic heterocycles. The Hall–Kier alpha value is -1.20. The molecule has 22 heavy (non-hydrogen) atoms. The van der Waals surface area contributed by atoms with E-state index in [2.05, 4.69) is 18.3 Å². The van der Waals surface area contributed by atoms with Crippen LogP contribution in [0.5, 0.6) is 0 Å². The summed E-state index contributed by atoms with van der Waals surface area (Å²) in [5.41, 5.74) is 0.913. The first-order valence-electron chi connectivity index (χ1n) is 8.13. The van der Waals surface area contributed by atoms with Crippen LogP contribution in [0.25, 0.3) is 0 Å². The van der Waals surface area contributed by atoms with Gasteiger partial charge in [-0.1, -0.05) is 19.1 Å². The van der Waals surface area contributed by atoms with Crippen LogP contribution in [0.2, 0.25) is 0 Å². The lowest BCUT2D eigenvalue weighted by molar-refractivity contribution is 0.0494. The van der Waals surface area contributed by atoms with Crippen molar-refractivity contribution >= 4 is 23.5 Å². The quantitative estimate of drug-likeness (QED) is 0.797. The van der Waals surface area contributed by atoms with Crippen LogP contribution < -0.4 is 5.32 Å². The number of urea groups is 1. The third-order valence-electron chi connectivity index (χ3n) is 3.82. The van der Waals surface area contributed by atoms with Crippen LogP contribution in [0, 0.1) is 0 Å². The van der Waals surface area contributed by atoms with Crippen LogP contribution in [-0.2, 0) is 4.74 Å². The molecule has 1 aliphatic rings. The van der Waals surface area contributed by atoms with Crippen LogP contribution >= 0.6 is 11.8 Å². The molecule has 1 aromatic rings. The molecular weight excluding hydrogens is 296 g/mol. The van der Waals surface area contributed by atoms with Gasteiger partial charge in [0.15, 0.2) is 0 Å². The Balaban J connectivity index is 2.03. The summed E-state index contributed by atoms with van der Waals surface area (Å²) < 4.78 is 5.39. The Labute approximate surface area is 137 Å². The summed E-state index contributed by atoms with van der Waals surface area (Å²) in [7, 11) is 0. The summed E-state index contributed by atoms with van der Waals surface area (Å²) in [6, 6.07) is 8.32. The number of benzene rings is 1. The second-order valence-electron chi connectivity index (χ2n) is 5.40. The molecule has 0 spiro atoms. The molecule has 2 rings (SSSR count). The van der Waals surface area contributed by atoms with Crippen molar-refractivity contribution in [3.8, 4) is 0 Å². The summed E-state index contributed by atoms with van der Waals surface area (Å²) in [5.74, 6) is 1.06. The van der Waals surface area contributed by atoms with Crippen molar-refractivity contribution in [2.24, 2.45) is 0 Å². The molecule has 0 aromatic heterocycles. The maximum atomic E-state index is 12.6. The van der Waals surface area contributed by atoms with E-state index in [4.69, 9.17) is 4.74 Å². The van der Waals surface area contributed by atoms with Crippen LogP contribution in [0.4, 0.5) is 10.5 Å². The lowest BCUT2D eigenvalue weighted by Crippen LogP contribution is -2.45. The highest BCUT2D eigenvalue weighted by atomic mass is 32.2. The molecule has 1 aromatic carbocycles. The highest BCUT2D eigenvalue weighted by Crippen LogP contribution is 2.28. The molecule has 0 aliphatic carbocycles. The molecule has 0 bridgehead atoms. The topological polar surface area (TPSA) is 41.6 Å². The van der Waals surface area contributed by atoms with Crippen molar-refractivity contribution in [3.63, 3.8) is 0 Å². The SMILES string of the molecule is CCCSc1ccccc1NC(=O)N(CC)C1CCOCC1. The normalized spacial score (nSPS) is 15.5. The third-order valence-corrected chi connectivity index (χ3v) is 5.10. The number of para-hydroxylation sites is 1. The standard InChI is InChI=1S/C17H26N2O2S/c1-3-13-22-16-8-6-5-7-15(16)18-17(20)19(4-2)14-9-11-21-12-10-14/h5-8,14H,3-4,9-13H2,1-2H3,(H,18,20). The number of nitrogens with zero attached hydrogens (tertiary/aromatic N) is 1. The molecule has 1 heterocycles. The highest BCUT2D eigenvalue weighted by Gasteiger charge is 2.24. The summed E-state index contributed by atoms with van der Waals surface area (Å²) in [6.07, 6.45) is 2.97. The molecular formula is C17H26N2O2S. The first kappa shape index (κ1) is 17.2. The van der Waals surface area contributed by atoms with Crippen molar-refractivity contribution in [2.75, 3.05) is 30.8 Å². The smallest absolute Gasteiger partial charge is 0.322 e. The van der Waals surface area contributed by atoms with Gasteiger partial charge in [-0.15, -0.1) is 11.8 Å². The second kappa shape index (κ2) is 9.06. The van der Waals surface area contributed by atoms with Crippen LogP contribution in [0.15, 0.2) is 29.2 Å². The number of anilines is 1. The lowest BCUT2D eigenvalue weighted by Gasteiger charge is -2.33. The number of amides is 2. The number of carbonyl (C=O) groups excluding carboxylic acids is 1. The first-order valence-corrected chi connectivity index (χ1v) is 9.12. The maximum Gasteiger partial charge on any atom is 0.322 e. The van der Waals surface area contributed by atoms with Crippen LogP contribution in [-0.4, -0.2) is 42.5 Å². The van der Waals surface area contributed by atoms with Gasteiger partial charge in [-0.3, -0.25) is 0 Å². The van der Waals surface area contributed by atoms with Crippen molar-refractivity contribution in [2.45, 2.75) is 44.0 Å². The van der Waals surface area contributed by atoms with Gasteiger partial charge in [0.1, 0.15) is 0 Å². The molecule has 1 saturated heterocycles. The molecule has 1 fully saturated rings. The Bertz CT molecular complexity index is 475. The average Bonchev–Trinajstić information content (AvgIpc) is 2.56. The summed E-state index contributed by atoms with van der Waals surface area (Å²) in [5, 5.41) is 3.09. The molecule has 0 unspecified atom stereocenters. The third kappa shape index (κ3) is 4.65. The van der Waals surface area contributed by atoms with Gasteiger partial charge < -0.3 is 15.0 Å². The Morgan fingerprint density at radius 3 is 2.73 bits per heavy atom. The van der Waals surface area contributed by atoms with Gasteiger partial charge in [-0.25, -0.2) is 4.79 Å². The van der Waals surface area contributed by atoms with E-state index in [1.807, 2.05) is 30.0 Å². The predicted molar refractivity (Wildman–Crippen MR) is 92.7 cm³/mol. The number of ether oxygens (including phenoxy) is 1. The van der Waals surface area contributed by atoms with Crippen molar-refractivity contribution in [1.82, 2.24) is 4.90 Å². The van der Waals surface area contributed by atoms with Crippen molar-refractivity contribution in [1.29, 1.82) is 0 Å². The summed E-state index contributed by atoms with van der Waals surface area (Å²) in [4.78, 5) is 15.7. The first-order chi connectivity index (χ1) is 10.8. The van der Waals surface area contributed by atoms with Crippen LogP contribution in [0.3, 0.4) is 0 Å². The minimum Gasteiger partial charge on any atom is -0.381 e. The molecule has 4 nitrogen and oxygen atoms in total. The van der Waals surface area contributed by atoms with Gasteiger partial charge in [0, 0.05) is 30.7 Å². The summed E-state index contributed by atoms with van der Waals surface area (Å²) >= 11 is 1.79. The van der Waals surface area contributed by atoms with E-state index in [1.54, 1.807) is 11.8 Å². The zero-order valence-electron chi connectivity index (χ0n) is 13.5. The second-order valence-corrected chi connectivity index (χ2v) is 6.54. The fraction of sp³-hybridized carbons (Fsp3) is 0.588. The molecule has 1 N–H and O–H groups in total. The minimum absolute atomic E-state index is 0.000974. The van der Waals surface area contributed by atoms with Crippen molar-refractivity contribution in [3.05, 3.63) is 24.3 Å². The number of hydrogen-bond donors (Lipinski definition) is 1. The molecule has 0 radical (unpaired) electrons. The fourth-order valence-corrected chi connectivity index (χ4v) is 3.53. The molecule has 0 atom stereocenters. The Morgan fingerprint density at radius 2 is 2.05 bits per heavy atom. The van der Waals surface area contributed by atoms with E-state index in [0.717, 1.165) is 55.4 Å². The van der Waals surface area contributed by atoms with Crippen LogP contribution in [0.1, 0.15) is 33.1 Å². The van der Waals surface area contributed by atoms with E-state index in [-0.39, 0.29) is 12.1 Å². The number of rotatable bonds is 6. The van der Waals surface area contributed by atoms with Crippen molar-refractivity contribution < 1.29 is 9.53 Å². The molecule has 5 heteroatoms. The van der Waals surface area contributed by atoms with Gasteiger partial charge in [0.05, 0.1) is 5.69 Å². The lowest BCUT2D eigenvalue weighted by atomic mass is 10.1. The maximum absolute atomic E-state index is 12.6. The number of carbonyl (C=O) groups is 1. The van der Waals surface area contributed by atoms with E-state index in [1.165, 1.54) is 0 Å². The Morgan fingerprint density at radius 1 is 1.32 bits per heavy atom. The largest absolute Gasteiger partial charge is 0.381 e. The van der Waals surface area contributed by atoms with Gasteiger partial charge >= 0.3 is 6.03 Å². The average molecular weight is 322 g/mol. The molecule has 122 valence electrons. The Kier molecular flexibility index (Phi) is 7.06. The van der Waals surface area contributed by atoms with E-state index in [0.29, 0.717) is 0 Å². The van der Waals surface area contributed by atoms with E-state index < -0.39 is 0 Å². The van der Waals surface area contributed by atoms with E-state index >= 15 is 0 Å².